The van der Waals surface area contributed by atoms with Crippen molar-refractivity contribution in [3.63, 3.8) is 0 Å². The molecule has 2 nitrogen and oxygen atoms in total. The van der Waals surface area contributed by atoms with Crippen LogP contribution in [0.5, 0.6) is 0 Å². The van der Waals surface area contributed by atoms with Crippen LogP contribution in [0.4, 0.5) is 0 Å². The van der Waals surface area contributed by atoms with Gasteiger partial charge in [-0.05, 0) is 80.1 Å². The average molecular weight is 310 g/mol. The largest absolute Gasteiger partial charge is 0.385 e. The maximum absolute atomic E-state index is 11.7. The Hall–Kier alpha value is -1.37. The standard InChI is InChI=1S/C21H26O2/c1-3-10-21(23)12-9-19-18-6-4-14-13-15(22)5-7-16(14)17(18)8-11-20(19,21)2/h10,13,18-19,23H,1,4-9,11-12H2,2H3/t18?,19?,20-,21-/m0/s1. The van der Waals surface area contributed by atoms with Gasteiger partial charge in [-0.3, -0.25) is 4.79 Å². The average Bonchev–Trinajstić information content (AvgIpc) is 2.79. The van der Waals surface area contributed by atoms with Gasteiger partial charge >= 0.3 is 0 Å². The van der Waals surface area contributed by atoms with Gasteiger partial charge in [0.15, 0.2) is 5.78 Å². The second-order valence-electron chi connectivity index (χ2n) is 8.12. The molecule has 4 aliphatic rings. The molecule has 0 spiro atoms. The van der Waals surface area contributed by atoms with Crippen molar-refractivity contribution in [2.24, 2.45) is 17.3 Å². The van der Waals surface area contributed by atoms with Crippen molar-refractivity contribution in [2.45, 2.75) is 63.9 Å². The summed E-state index contributed by atoms with van der Waals surface area (Å²) in [5.41, 5.74) is 6.48. The lowest BCUT2D eigenvalue weighted by Gasteiger charge is -2.51. The molecule has 0 aromatic carbocycles. The van der Waals surface area contributed by atoms with Crippen molar-refractivity contribution in [2.75, 3.05) is 0 Å². The number of hydrogen-bond donors (Lipinski definition) is 1. The molecule has 0 aromatic heterocycles. The Morgan fingerprint density at radius 3 is 2.87 bits per heavy atom. The first-order valence-corrected chi connectivity index (χ1v) is 9.03. The molecule has 2 saturated carbocycles. The van der Waals surface area contributed by atoms with E-state index in [0.717, 1.165) is 44.9 Å². The van der Waals surface area contributed by atoms with Gasteiger partial charge in [0.25, 0.3) is 0 Å². The predicted molar refractivity (Wildman–Crippen MR) is 90.8 cm³/mol. The Bertz CT molecular complexity index is 676. The molecule has 4 atom stereocenters. The molecule has 0 amide bonds. The number of aliphatic hydroxyl groups is 1. The summed E-state index contributed by atoms with van der Waals surface area (Å²) in [5, 5.41) is 11.2. The van der Waals surface area contributed by atoms with Crippen LogP contribution in [0.15, 0.2) is 41.2 Å². The number of carbonyl (C=O) groups excluding carboxylic acids is 1. The lowest BCUT2D eigenvalue weighted by atomic mass is 9.55. The van der Waals surface area contributed by atoms with Crippen LogP contribution in [0.2, 0.25) is 0 Å². The molecule has 2 unspecified atom stereocenters. The van der Waals surface area contributed by atoms with E-state index in [9.17, 15) is 9.90 Å². The lowest BCUT2D eigenvalue weighted by molar-refractivity contribution is -0.114. The van der Waals surface area contributed by atoms with E-state index in [1.165, 1.54) is 11.1 Å². The summed E-state index contributed by atoms with van der Waals surface area (Å²) in [6, 6.07) is 0. The van der Waals surface area contributed by atoms with Crippen molar-refractivity contribution in [1.29, 1.82) is 0 Å². The van der Waals surface area contributed by atoms with Crippen LogP contribution in [0, 0.1) is 17.3 Å². The van der Waals surface area contributed by atoms with Crippen molar-refractivity contribution in [3.8, 4) is 0 Å². The Labute approximate surface area is 138 Å². The molecule has 4 aliphatic carbocycles. The quantitative estimate of drug-likeness (QED) is 0.735. The number of fused-ring (bicyclic) bond motifs is 4. The molecule has 0 radical (unpaired) electrons. The molecule has 0 bridgehead atoms. The zero-order chi connectivity index (χ0) is 16.2. The highest BCUT2D eigenvalue weighted by molar-refractivity contribution is 5.93. The molecule has 4 rings (SSSR count). The second kappa shape index (κ2) is 5.06. The van der Waals surface area contributed by atoms with E-state index in [1.54, 1.807) is 5.57 Å². The number of hydrogen-bond acceptors (Lipinski definition) is 2. The van der Waals surface area contributed by atoms with Gasteiger partial charge in [-0.15, -0.1) is 5.73 Å². The minimum absolute atomic E-state index is 0.0574. The van der Waals surface area contributed by atoms with Crippen LogP contribution in [0.25, 0.3) is 0 Å². The first-order chi connectivity index (χ1) is 11.0. The van der Waals surface area contributed by atoms with E-state index in [2.05, 4.69) is 19.2 Å². The summed E-state index contributed by atoms with van der Waals surface area (Å²) < 4.78 is 0. The minimum atomic E-state index is -0.742. The molecule has 0 aromatic rings. The van der Waals surface area contributed by atoms with E-state index >= 15 is 0 Å². The lowest BCUT2D eigenvalue weighted by Crippen LogP contribution is -2.48. The predicted octanol–water partition coefficient (Wildman–Crippen LogP) is 4.26. The van der Waals surface area contributed by atoms with E-state index < -0.39 is 5.60 Å². The van der Waals surface area contributed by atoms with Gasteiger partial charge in [-0.1, -0.05) is 19.1 Å². The molecule has 1 N–H and O–H groups in total. The van der Waals surface area contributed by atoms with Crippen molar-refractivity contribution < 1.29 is 9.90 Å². The number of ketones is 1. The van der Waals surface area contributed by atoms with E-state index in [-0.39, 0.29) is 5.41 Å². The van der Waals surface area contributed by atoms with Crippen LogP contribution >= 0.6 is 0 Å². The van der Waals surface area contributed by atoms with Gasteiger partial charge in [-0.25, -0.2) is 0 Å². The summed E-state index contributed by atoms with van der Waals surface area (Å²) in [7, 11) is 0. The maximum Gasteiger partial charge on any atom is 0.156 e. The van der Waals surface area contributed by atoms with Crippen LogP contribution < -0.4 is 0 Å². The van der Waals surface area contributed by atoms with Crippen molar-refractivity contribution in [1.82, 2.24) is 0 Å². The smallest absolute Gasteiger partial charge is 0.156 e. The first kappa shape index (κ1) is 15.2. The fraction of sp³-hybridized carbons (Fsp3) is 0.619. The molecule has 122 valence electrons. The Balaban J connectivity index is 1.74. The van der Waals surface area contributed by atoms with Gasteiger partial charge in [0.05, 0.1) is 5.60 Å². The summed E-state index contributed by atoms with van der Waals surface area (Å²) in [6.45, 7) is 5.96. The fourth-order valence-electron chi connectivity index (χ4n) is 5.99. The molecular formula is C21H26O2. The SMILES string of the molecule is C=C=C[C@]1(O)CCC2C3CCC4=CC(=O)CCC4=C3CC[C@@]21C. The zero-order valence-electron chi connectivity index (χ0n) is 14.0. The second-order valence-corrected chi connectivity index (χ2v) is 8.12. The third kappa shape index (κ3) is 2.01. The Kier molecular flexibility index (Phi) is 3.34. The molecular weight excluding hydrogens is 284 g/mol. The number of allylic oxidation sites excluding steroid dienone is 4. The first-order valence-electron chi connectivity index (χ1n) is 9.03. The van der Waals surface area contributed by atoms with Crippen LogP contribution in [0.1, 0.15) is 58.3 Å². The third-order valence-corrected chi connectivity index (χ3v) is 7.29. The molecule has 2 fully saturated rings. The van der Waals surface area contributed by atoms with Crippen LogP contribution in [0.3, 0.4) is 0 Å². The third-order valence-electron chi connectivity index (χ3n) is 7.29. The minimum Gasteiger partial charge on any atom is -0.385 e. The number of rotatable bonds is 1. The van der Waals surface area contributed by atoms with Crippen molar-refractivity contribution in [3.05, 3.63) is 41.2 Å². The van der Waals surface area contributed by atoms with E-state index in [4.69, 9.17) is 0 Å². The van der Waals surface area contributed by atoms with E-state index in [0.29, 0.717) is 24.0 Å². The monoisotopic (exact) mass is 310 g/mol. The molecule has 0 aliphatic heterocycles. The summed E-state index contributed by atoms with van der Waals surface area (Å²) in [5.74, 6) is 1.45. The highest BCUT2D eigenvalue weighted by Crippen LogP contribution is 2.63. The molecule has 23 heavy (non-hydrogen) atoms. The molecule has 0 heterocycles. The fourth-order valence-corrected chi connectivity index (χ4v) is 5.99. The summed E-state index contributed by atoms with van der Waals surface area (Å²) in [6.07, 6.45) is 11.6. The normalized spacial score (nSPS) is 42.3. The Morgan fingerprint density at radius 1 is 1.26 bits per heavy atom. The summed E-state index contributed by atoms with van der Waals surface area (Å²) >= 11 is 0. The zero-order valence-corrected chi connectivity index (χ0v) is 14.0. The molecule has 2 heteroatoms. The van der Waals surface area contributed by atoms with Gasteiger partial charge in [0, 0.05) is 11.8 Å². The van der Waals surface area contributed by atoms with Gasteiger partial charge in [-0.2, -0.15) is 0 Å². The van der Waals surface area contributed by atoms with Crippen LogP contribution in [-0.2, 0) is 4.79 Å². The van der Waals surface area contributed by atoms with Crippen molar-refractivity contribution >= 4 is 5.78 Å². The number of carbonyl (C=O) groups is 1. The maximum atomic E-state index is 11.7. The van der Waals surface area contributed by atoms with Crippen LogP contribution in [-0.4, -0.2) is 16.5 Å². The molecule has 0 saturated heterocycles. The van der Waals surface area contributed by atoms with Gasteiger partial charge in [0.1, 0.15) is 0 Å². The highest BCUT2D eigenvalue weighted by atomic mass is 16.3. The topological polar surface area (TPSA) is 37.3 Å². The highest BCUT2D eigenvalue weighted by Gasteiger charge is 2.59. The van der Waals surface area contributed by atoms with Gasteiger partial charge < -0.3 is 5.11 Å². The summed E-state index contributed by atoms with van der Waals surface area (Å²) in [4.78, 5) is 11.7. The van der Waals surface area contributed by atoms with E-state index in [1.807, 2.05) is 12.2 Å². The Morgan fingerprint density at radius 2 is 2.09 bits per heavy atom. The van der Waals surface area contributed by atoms with Gasteiger partial charge in [0.2, 0.25) is 0 Å².